The lowest BCUT2D eigenvalue weighted by molar-refractivity contribution is 0.0995. The summed E-state index contributed by atoms with van der Waals surface area (Å²) in [5.74, 6) is 1.53. The molecule has 0 aliphatic carbocycles. The van der Waals surface area contributed by atoms with Crippen LogP contribution in [0.4, 0.5) is 0 Å². The molecular formula is C14H16N2O3. The molecule has 0 fully saturated rings. The fourth-order valence-corrected chi connectivity index (χ4v) is 2.40. The molecular weight excluding hydrogens is 244 g/mol. The van der Waals surface area contributed by atoms with E-state index in [1.807, 2.05) is 29.9 Å². The number of carbonyl (C=O) groups is 1. The second-order valence-electron chi connectivity index (χ2n) is 4.62. The Kier molecular flexibility index (Phi) is 2.91. The van der Waals surface area contributed by atoms with Crippen LogP contribution in [0.25, 0.3) is 10.9 Å². The van der Waals surface area contributed by atoms with Crippen LogP contribution >= 0.6 is 0 Å². The number of nitrogens with zero attached hydrogens (tertiary/aromatic N) is 1. The Hall–Kier alpha value is -2.01. The highest BCUT2D eigenvalue weighted by Gasteiger charge is 2.19. The van der Waals surface area contributed by atoms with Gasteiger partial charge in [-0.3, -0.25) is 4.79 Å². The van der Waals surface area contributed by atoms with E-state index in [0.717, 1.165) is 16.7 Å². The van der Waals surface area contributed by atoms with Crippen molar-refractivity contribution in [3.8, 4) is 11.5 Å². The predicted molar refractivity (Wildman–Crippen MR) is 72.2 cm³/mol. The third-order valence-electron chi connectivity index (χ3n) is 3.29. The van der Waals surface area contributed by atoms with Gasteiger partial charge in [0.2, 0.25) is 0 Å². The third kappa shape index (κ3) is 1.96. The quantitative estimate of drug-likeness (QED) is 0.846. The van der Waals surface area contributed by atoms with Gasteiger partial charge in [-0.15, -0.1) is 0 Å². The summed E-state index contributed by atoms with van der Waals surface area (Å²) in [5.41, 5.74) is 1.69. The number of benzene rings is 1. The first kappa shape index (κ1) is 12.0. The second-order valence-corrected chi connectivity index (χ2v) is 4.62. The molecule has 19 heavy (non-hydrogen) atoms. The van der Waals surface area contributed by atoms with Crippen LogP contribution in [-0.4, -0.2) is 37.2 Å². The van der Waals surface area contributed by atoms with E-state index in [4.69, 9.17) is 9.47 Å². The summed E-state index contributed by atoms with van der Waals surface area (Å²) in [6, 6.07) is 3.83. The van der Waals surface area contributed by atoms with Crippen molar-refractivity contribution in [2.24, 2.45) is 7.05 Å². The summed E-state index contributed by atoms with van der Waals surface area (Å²) in [6.07, 6.45) is 1.86. The minimum atomic E-state index is 0.0739. The van der Waals surface area contributed by atoms with E-state index in [2.05, 4.69) is 5.32 Å². The molecule has 0 radical (unpaired) electrons. The largest absolute Gasteiger partial charge is 0.486 e. The molecule has 1 aliphatic heterocycles. The van der Waals surface area contributed by atoms with E-state index in [1.165, 1.54) is 0 Å². The van der Waals surface area contributed by atoms with Gasteiger partial charge in [0.15, 0.2) is 17.3 Å². The Balaban J connectivity index is 2.17. The zero-order valence-electron chi connectivity index (χ0n) is 11.0. The number of aryl methyl sites for hydroxylation is 1. The molecule has 5 nitrogen and oxygen atoms in total. The van der Waals surface area contributed by atoms with Crippen LogP contribution in [0.15, 0.2) is 18.3 Å². The summed E-state index contributed by atoms with van der Waals surface area (Å²) in [7, 11) is 3.69. The Labute approximate surface area is 111 Å². The van der Waals surface area contributed by atoms with Crippen molar-refractivity contribution >= 4 is 16.7 Å². The maximum atomic E-state index is 12.1. The number of aromatic nitrogens is 1. The number of rotatable bonds is 3. The van der Waals surface area contributed by atoms with E-state index in [1.54, 1.807) is 7.05 Å². The molecule has 0 atom stereocenters. The predicted octanol–water partition coefficient (Wildman–Crippen LogP) is 1.35. The highest BCUT2D eigenvalue weighted by molar-refractivity contribution is 6.09. The van der Waals surface area contributed by atoms with Crippen LogP contribution in [-0.2, 0) is 7.05 Å². The van der Waals surface area contributed by atoms with Crippen LogP contribution in [0.5, 0.6) is 11.5 Å². The van der Waals surface area contributed by atoms with Crippen LogP contribution in [0, 0.1) is 0 Å². The first-order chi connectivity index (χ1) is 9.20. The lowest BCUT2D eigenvalue weighted by atomic mass is 10.1. The smallest absolute Gasteiger partial charge is 0.178 e. The number of nitrogens with one attached hydrogen (secondary N) is 1. The summed E-state index contributed by atoms with van der Waals surface area (Å²) < 4.78 is 13.1. The lowest BCUT2D eigenvalue weighted by Gasteiger charge is -2.18. The molecule has 1 aromatic carbocycles. The SMILES string of the molecule is CNCC(=O)c1cn(C)c2cc3c(cc12)OCCO3. The molecule has 2 heterocycles. The molecule has 0 saturated heterocycles. The fourth-order valence-electron chi connectivity index (χ4n) is 2.40. The zero-order valence-corrected chi connectivity index (χ0v) is 11.0. The van der Waals surface area contributed by atoms with E-state index >= 15 is 0 Å². The van der Waals surface area contributed by atoms with Gasteiger partial charge in [0, 0.05) is 30.3 Å². The maximum absolute atomic E-state index is 12.1. The summed E-state index contributed by atoms with van der Waals surface area (Å²) >= 11 is 0. The van der Waals surface area contributed by atoms with Gasteiger partial charge in [0.25, 0.3) is 0 Å². The number of hydrogen-bond acceptors (Lipinski definition) is 4. The Morgan fingerprint density at radius 2 is 2.00 bits per heavy atom. The van der Waals surface area contributed by atoms with Gasteiger partial charge in [-0.25, -0.2) is 0 Å². The first-order valence-electron chi connectivity index (χ1n) is 6.27. The minimum Gasteiger partial charge on any atom is -0.486 e. The Morgan fingerprint density at radius 3 is 2.68 bits per heavy atom. The van der Waals surface area contributed by atoms with Crippen molar-refractivity contribution < 1.29 is 14.3 Å². The average molecular weight is 260 g/mol. The Bertz CT molecular complexity index is 646. The lowest BCUT2D eigenvalue weighted by Crippen LogP contribution is -2.18. The van der Waals surface area contributed by atoms with Gasteiger partial charge in [-0.05, 0) is 13.1 Å². The van der Waals surface area contributed by atoms with E-state index in [0.29, 0.717) is 31.1 Å². The van der Waals surface area contributed by atoms with Crippen molar-refractivity contribution in [3.63, 3.8) is 0 Å². The van der Waals surface area contributed by atoms with Crippen LogP contribution in [0.1, 0.15) is 10.4 Å². The number of ketones is 1. The van der Waals surface area contributed by atoms with Gasteiger partial charge in [0.05, 0.1) is 12.1 Å². The Morgan fingerprint density at radius 1 is 1.32 bits per heavy atom. The third-order valence-corrected chi connectivity index (χ3v) is 3.29. The van der Waals surface area contributed by atoms with E-state index in [9.17, 15) is 4.79 Å². The monoisotopic (exact) mass is 260 g/mol. The molecule has 1 N–H and O–H groups in total. The fraction of sp³-hybridized carbons (Fsp3) is 0.357. The number of hydrogen-bond donors (Lipinski definition) is 1. The van der Waals surface area contributed by atoms with Crippen molar-refractivity contribution in [2.75, 3.05) is 26.8 Å². The summed E-state index contributed by atoms with van der Waals surface area (Å²) in [6.45, 7) is 1.44. The number of carbonyl (C=O) groups excluding carboxylic acids is 1. The van der Waals surface area contributed by atoms with Gasteiger partial charge < -0.3 is 19.4 Å². The zero-order chi connectivity index (χ0) is 13.4. The molecule has 3 rings (SSSR count). The molecule has 0 saturated carbocycles. The normalized spacial score (nSPS) is 13.8. The summed E-state index contributed by atoms with van der Waals surface area (Å²) in [5, 5.41) is 3.80. The van der Waals surface area contributed by atoms with E-state index < -0.39 is 0 Å². The maximum Gasteiger partial charge on any atom is 0.178 e. The second kappa shape index (κ2) is 4.59. The number of ether oxygens (including phenoxy) is 2. The molecule has 2 aromatic rings. The van der Waals surface area contributed by atoms with Crippen molar-refractivity contribution in [3.05, 3.63) is 23.9 Å². The molecule has 1 aromatic heterocycles. The molecule has 5 heteroatoms. The van der Waals surface area contributed by atoms with Crippen molar-refractivity contribution in [2.45, 2.75) is 0 Å². The molecule has 0 spiro atoms. The van der Waals surface area contributed by atoms with Gasteiger partial charge >= 0.3 is 0 Å². The average Bonchev–Trinajstić information content (AvgIpc) is 2.74. The topological polar surface area (TPSA) is 52.5 Å². The standard InChI is InChI=1S/C14H16N2O3/c1-15-7-12(17)10-8-16(2)11-6-14-13(5-9(10)11)18-3-4-19-14/h5-6,8,15H,3-4,7H2,1-2H3. The highest BCUT2D eigenvalue weighted by atomic mass is 16.6. The highest BCUT2D eigenvalue weighted by Crippen LogP contribution is 2.36. The molecule has 1 aliphatic rings. The van der Waals surface area contributed by atoms with Crippen molar-refractivity contribution in [1.29, 1.82) is 0 Å². The van der Waals surface area contributed by atoms with Crippen LogP contribution in [0.2, 0.25) is 0 Å². The number of likely N-dealkylation sites (N-methyl/N-ethyl adjacent to an activating group) is 1. The van der Waals surface area contributed by atoms with Gasteiger partial charge in [-0.2, -0.15) is 0 Å². The summed E-state index contributed by atoms with van der Waals surface area (Å²) in [4.78, 5) is 12.1. The van der Waals surface area contributed by atoms with Crippen LogP contribution in [0.3, 0.4) is 0 Å². The molecule has 0 amide bonds. The van der Waals surface area contributed by atoms with E-state index in [-0.39, 0.29) is 5.78 Å². The van der Waals surface area contributed by atoms with Gasteiger partial charge in [0.1, 0.15) is 13.2 Å². The van der Waals surface area contributed by atoms with Gasteiger partial charge in [-0.1, -0.05) is 0 Å². The molecule has 100 valence electrons. The van der Waals surface area contributed by atoms with Crippen LogP contribution < -0.4 is 14.8 Å². The molecule has 0 unspecified atom stereocenters. The van der Waals surface area contributed by atoms with Crippen molar-refractivity contribution in [1.82, 2.24) is 9.88 Å². The number of Topliss-reactive ketones (excluding diaryl/α,β-unsaturated/α-hetero) is 1. The number of fused-ring (bicyclic) bond motifs is 2. The molecule has 0 bridgehead atoms. The minimum absolute atomic E-state index is 0.0739. The first-order valence-corrected chi connectivity index (χ1v) is 6.27.